The van der Waals surface area contributed by atoms with Crippen molar-refractivity contribution in [2.45, 2.75) is 104 Å². The minimum atomic E-state index is -0.126. The number of imide groups is 1. The average molecular weight is 532 g/mol. The lowest BCUT2D eigenvalue weighted by Crippen LogP contribution is -2.50. The van der Waals surface area contributed by atoms with E-state index in [4.69, 9.17) is 0 Å². The largest absolute Gasteiger partial charge is 0.393 e. The zero-order valence-electron chi connectivity index (χ0n) is 24.6. The summed E-state index contributed by atoms with van der Waals surface area (Å²) < 4.78 is 0. The van der Waals surface area contributed by atoms with Gasteiger partial charge in [-0.25, -0.2) is 0 Å². The molecule has 4 aliphatic carbocycles. The minimum absolute atomic E-state index is 0.123. The van der Waals surface area contributed by atoms with Gasteiger partial charge in [-0.15, -0.1) is 0 Å². The van der Waals surface area contributed by atoms with Crippen molar-refractivity contribution in [1.29, 1.82) is 0 Å². The number of allylic oxidation sites excluding steroid dienone is 1. The van der Waals surface area contributed by atoms with Crippen molar-refractivity contribution in [2.24, 2.45) is 46.3 Å². The maximum absolute atomic E-state index is 12.8. The van der Waals surface area contributed by atoms with E-state index < -0.39 is 0 Å². The lowest BCUT2D eigenvalue weighted by molar-refractivity contribution is -0.0573. The fraction of sp³-hybridized carbons (Fsp3) is 0.714. The maximum atomic E-state index is 12.8. The molecule has 2 amide bonds. The molecule has 5 aliphatic rings. The Bertz CT molecular complexity index is 1120. The second kappa shape index (κ2) is 10.2. The van der Waals surface area contributed by atoms with Crippen LogP contribution in [0.5, 0.6) is 0 Å². The van der Waals surface area contributed by atoms with Crippen LogP contribution in [0.15, 0.2) is 35.9 Å². The highest BCUT2D eigenvalue weighted by atomic mass is 16.3. The van der Waals surface area contributed by atoms with E-state index in [1.165, 1.54) is 56.3 Å². The molecule has 39 heavy (non-hydrogen) atoms. The Morgan fingerprint density at radius 3 is 2.38 bits per heavy atom. The van der Waals surface area contributed by atoms with Crippen molar-refractivity contribution < 1.29 is 14.7 Å². The molecule has 2 unspecified atom stereocenters. The molecule has 1 aromatic rings. The van der Waals surface area contributed by atoms with E-state index in [2.05, 4.69) is 33.8 Å². The number of hydrogen-bond acceptors (Lipinski definition) is 3. The van der Waals surface area contributed by atoms with Crippen LogP contribution < -0.4 is 0 Å². The molecule has 0 spiro atoms. The number of rotatable bonds is 7. The molecule has 4 heteroatoms. The summed E-state index contributed by atoms with van der Waals surface area (Å²) in [6.45, 7) is 10.4. The first-order valence-electron chi connectivity index (χ1n) is 16.0. The SMILES string of the molecule is CC(CCCC(C)[C@H]1CC[C@H]2[C@@H]3CC=C4C[C@@H](O)CC[C@]4(C)[C@H]3CC[C@]12C)CN1C(=O)c2ccccc2C1=O. The molecule has 0 bridgehead atoms. The molecule has 1 N–H and O–H groups in total. The standard InChI is InChI=1S/C35H49NO3/c1-22(21-36-32(38)26-10-5-6-11-27(26)33(36)39)8-7-9-23(2)29-14-15-30-28-13-12-24-20-25(37)16-18-34(24,3)31(28)17-19-35(29,30)4/h5-6,10-12,22-23,25,28-31,37H,7-9,13-21H2,1-4H3/t22?,23?,25-,28-,29+,30-,31-,34-,35+/m0/s1. The van der Waals surface area contributed by atoms with E-state index >= 15 is 0 Å². The van der Waals surface area contributed by atoms with Crippen LogP contribution in [0.3, 0.4) is 0 Å². The Labute approximate surface area is 235 Å². The van der Waals surface area contributed by atoms with Gasteiger partial charge in [0.25, 0.3) is 11.8 Å². The Morgan fingerprint density at radius 2 is 1.67 bits per heavy atom. The van der Waals surface area contributed by atoms with Gasteiger partial charge < -0.3 is 5.11 Å². The van der Waals surface area contributed by atoms with Gasteiger partial charge in [-0.2, -0.15) is 0 Å². The first-order chi connectivity index (χ1) is 18.6. The third kappa shape index (κ3) is 4.44. The first kappa shape index (κ1) is 27.2. The Hall–Kier alpha value is -1.94. The molecule has 6 rings (SSSR count). The van der Waals surface area contributed by atoms with Gasteiger partial charge in [-0.3, -0.25) is 14.5 Å². The summed E-state index contributed by atoms with van der Waals surface area (Å²) in [5, 5.41) is 10.3. The van der Waals surface area contributed by atoms with Crippen molar-refractivity contribution in [3.8, 4) is 0 Å². The third-order valence-electron chi connectivity index (χ3n) is 12.6. The molecule has 1 heterocycles. The van der Waals surface area contributed by atoms with E-state index in [1.807, 2.05) is 12.1 Å². The van der Waals surface area contributed by atoms with Crippen molar-refractivity contribution in [3.63, 3.8) is 0 Å². The molecule has 0 radical (unpaired) electrons. The second-order valence-corrected chi connectivity index (χ2v) is 14.7. The molecular weight excluding hydrogens is 482 g/mol. The molecule has 0 saturated heterocycles. The normalized spacial score (nSPS) is 38.9. The molecule has 0 aromatic heterocycles. The van der Waals surface area contributed by atoms with Gasteiger partial charge in [0, 0.05) is 6.54 Å². The molecule has 212 valence electrons. The number of carbonyl (C=O) groups excluding carboxylic acids is 2. The highest BCUT2D eigenvalue weighted by Crippen LogP contribution is 2.67. The summed E-state index contributed by atoms with van der Waals surface area (Å²) in [6.07, 6.45) is 15.7. The lowest BCUT2D eigenvalue weighted by Gasteiger charge is -2.58. The zero-order valence-corrected chi connectivity index (χ0v) is 24.6. The van der Waals surface area contributed by atoms with Crippen molar-refractivity contribution in [1.82, 2.24) is 4.90 Å². The van der Waals surface area contributed by atoms with E-state index in [0.29, 0.717) is 34.4 Å². The van der Waals surface area contributed by atoms with Crippen LogP contribution in [-0.4, -0.2) is 34.5 Å². The summed E-state index contributed by atoms with van der Waals surface area (Å²) >= 11 is 0. The summed E-state index contributed by atoms with van der Waals surface area (Å²) in [5.41, 5.74) is 3.47. The number of fused-ring (bicyclic) bond motifs is 6. The van der Waals surface area contributed by atoms with Crippen molar-refractivity contribution in [2.75, 3.05) is 6.54 Å². The summed E-state index contributed by atoms with van der Waals surface area (Å²) in [7, 11) is 0. The monoisotopic (exact) mass is 531 g/mol. The predicted molar refractivity (Wildman–Crippen MR) is 155 cm³/mol. The maximum Gasteiger partial charge on any atom is 0.261 e. The van der Waals surface area contributed by atoms with Crippen molar-refractivity contribution >= 4 is 11.8 Å². The van der Waals surface area contributed by atoms with Crippen molar-refractivity contribution in [3.05, 3.63) is 47.0 Å². The number of amides is 2. The van der Waals surface area contributed by atoms with Gasteiger partial charge in [0.15, 0.2) is 0 Å². The van der Waals surface area contributed by atoms with Gasteiger partial charge in [0.05, 0.1) is 17.2 Å². The van der Waals surface area contributed by atoms with Gasteiger partial charge in [-0.1, -0.05) is 64.3 Å². The van der Waals surface area contributed by atoms with Crippen LogP contribution in [0.4, 0.5) is 0 Å². The summed E-state index contributed by atoms with van der Waals surface area (Å²) in [4.78, 5) is 27.0. The van der Waals surface area contributed by atoms with E-state index in [-0.39, 0.29) is 17.9 Å². The average Bonchev–Trinajstić information content (AvgIpc) is 3.39. The predicted octanol–water partition coefficient (Wildman–Crippen LogP) is 7.67. The van der Waals surface area contributed by atoms with Crippen LogP contribution in [0, 0.1) is 46.3 Å². The Morgan fingerprint density at radius 1 is 0.949 bits per heavy atom. The van der Waals surface area contributed by atoms with Gasteiger partial charge in [-0.05, 0) is 116 Å². The first-order valence-corrected chi connectivity index (χ1v) is 16.0. The smallest absolute Gasteiger partial charge is 0.261 e. The Kier molecular flexibility index (Phi) is 7.09. The topological polar surface area (TPSA) is 57.6 Å². The molecule has 3 fully saturated rings. The summed E-state index contributed by atoms with van der Waals surface area (Å²) in [6, 6.07) is 7.21. The molecule has 4 nitrogen and oxygen atoms in total. The van der Waals surface area contributed by atoms with Crippen LogP contribution in [0.1, 0.15) is 119 Å². The fourth-order valence-corrected chi connectivity index (χ4v) is 10.4. The van der Waals surface area contributed by atoms with Gasteiger partial charge in [0.1, 0.15) is 0 Å². The number of hydrogen-bond donors (Lipinski definition) is 1. The highest BCUT2D eigenvalue weighted by Gasteiger charge is 2.59. The van der Waals surface area contributed by atoms with Crippen LogP contribution in [0.25, 0.3) is 0 Å². The second-order valence-electron chi connectivity index (χ2n) is 14.7. The number of aliphatic hydroxyl groups excluding tert-OH is 1. The molecule has 1 aromatic carbocycles. The van der Waals surface area contributed by atoms with Crippen LogP contribution >= 0.6 is 0 Å². The zero-order chi connectivity index (χ0) is 27.5. The van der Waals surface area contributed by atoms with Crippen LogP contribution in [0.2, 0.25) is 0 Å². The third-order valence-corrected chi connectivity index (χ3v) is 12.6. The number of carbonyl (C=O) groups is 2. The molecule has 9 atom stereocenters. The minimum Gasteiger partial charge on any atom is -0.393 e. The quantitative estimate of drug-likeness (QED) is 0.290. The molecular formula is C35H49NO3. The van der Waals surface area contributed by atoms with Gasteiger partial charge >= 0.3 is 0 Å². The van der Waals surface area contributed by atoms with E-state index in [1.54, 1.807) is 17.7 Å². The van der Waals surface area contributed by atoms with Gasteiger partial charge in [0.2, 0.25) is 0 Å². The van der Waals surface area contributed by atoms with Crippen LogP contribution in [-0.2, 0) is 0 Å². The highest BCUT2D eigenvalue weighted by molar-refractivity contribution is 6.21. The van der Waals surface area contributed by atoms with E-state index in [9.17, 15) is 14.7 Å². The fourth-order valence-electron chi connectivity index (χ4n) is 10.4. The molecule has 1 aliphatic heterocycles. The lowest BCUT2D eigenvalue weighted by atomic mass is 9.47. The molecule has 3 saturated carbocycles. The Balaban J connectivity index is 1.04. The number of aliphatic hydroxyl groups is 1. The number of benzene rings is 1. The summed E-state index contributed by atoms with van der Waals surface area (Å²) in [5.74, 6) is 4.07. The number of nitrogens with zero attached hydrogens (tertiary/aromatic N) is 1. The van der Waals surface area contributed by atoms with E-state index in [0.717, 1.165) is 48.9 Å².